The third-order valence-corrected chi connectivity index (χ3v) is 8.44. The number of hydrogen-bond acceptors (Lipinski definition) is 4. The number of halogens is 2. The number of amides is 2. The van der Waals surface area contributed by atoms with Crippen LogP contribution in [0.3, 0.4) is 0 Å². The number of benzene rings is 3. The quantitative estimate of drug-likeness (QED) is 0.322. The summed E-state index contributed by atoms with van der Waals surface area (Å²) in [6, 6.07) is 15.8. The standard InChI is InChI=1S/C30H35ClFN3O4S/c1-20(2)17-33-30(37)23(5)34(18-24-8-11-26(32)12-9-24)29(36)19-35(28-15-10-25(31)16-22(28)4)40(38,39)27-13-6-21(3)7-14-27/h6-16,20,23H,17-19H2,1-5H3,(H,33,37). The molecule has 2 amide bonds. The SMILES string of the molecule is Cc1ccc(S(=O)(=O)N(CC(=O)N(Cc2ccc(F)cc2)C(C)C(=O)NCC(C)C)c2ccc(Cl)cc2C)cc1. The number of sulfonamides is 1. The van der Waals surface area contributed by atoms with Crippen LogP contribution in [0, 0.1) is 25.6 Å². The first-order valence-corrected chi connectivity index (χ1v) is 14.8. The predicted molar refractivity (Wildman–Crippen MR) is 156 cm³/mol. The van der Waals surface area contributed by atoms with Gasteiger partial charge in [-0.1, -0.05) is 55.3 Å². The second-order valence-corrected chi connectivity index (χ2v) is 12.5. The van der Waals surface area contributed by atoms with Gasteiger partial charge in [0.05, 0.1) is 10.6 Å². The molecular formula is C30H35ClFN3O4S. The summed E-state index contributed by atoms with van der Waals surface area (Å²) in [6.07, 6.45) is 0. The second-order valence-electron chi connectivity index (χ2n) is 10.2. The molecule has 1 atom stereocenters. The Morgan fingerprint density at radius 3 is 2.15 bits per heavy atom. The van der Waals surface area contributed by atoms with Gasteiger partial charge in [0.25, 0.3) is 10.0 Å². The van der Waals surface area contributed by atoms with Crippen LogP contribution in [-0.4, -0.2) is 44.3 Å². The zero-order valence-corrected chi connectivity index (χ0v) is 24.9. The minimum Gasteiger partial charge on any atom is -0.354 e. The maximum absolute atomic E-state index is 13.9. The lowest BCUT2D eigenvalue weighted by Gasteiger charge is -2.32. The molecule has 3 aromatic carbocycles. The summed E-state index contributed by atoms with van der Waals surface area (Å²) in [7, 11) is -4.19. The van der Waals surface area contributed by atoms with E-state index in [4.69, 9.17) is 11.6 Å². The highest BCUT2D eigenvalue weighted by atomic mass is 35.5. The molecule has 3 rings (SSSR count). The molecule has 40 heavy (non-hydrogen) atoms. The molecule has 3 aromatic rings. The Hall–Kier alpha value is -3.43. The fourth-order valence-electron chi connectivity index (χ4n) is 4.07. The Morgan fingerprint density at radius 1 is 0.950 bits per heavy atom. The molecule has 7 nitrogen and oxygen atoms in total. The zero-order valence-electron chi connectivity index (χ0n) is 23.3. The fourth-order valence-corrected chi connectivity index (χ4v) is 5.78. The highest BCUT2D eigenvalue weighted by Gasteiger charge is 2.33. The number of carbonyl (C=O) groups excluding carboxylic acids is 2. The minimum absolute atomic E-state index is 0.0204. The highest BCUT2D eigenvalue weighted by Crippen LogP contribution is 2.29. The summed E-state index contributed by atoms with van der Waals surface area (Å²) in [6.45, 7) is 8.88. The highest BCUT2D eigenvalue weighted by molar-refractivity contribution is 7.92. The summed E-state index contributed by atoms with van der Waals surface area (Å²) in [5.74, 6) is -1.21. The first kappa shape index (κ1) is 31.1. The lowest BCUT2D eigenvalue weighted by atomic mass is 10.1. The molecule has 1 N–H and O–H groups in total. The van der Waals surface area contributed by atoms with Gasteiger partial charge in [0, 0.05) is 18.1 Å². The first-order chi connectivity index (χ1) is 18.8. The van der Waals surface area contributed by atoms with E-state index in [0.29, 0.717) is 22.7 Å². The van der Waals surface area contributed by atoms with Crippen molar-refractivity contribution in [3.8, 4) is 0 Å². The topological polar surface area (TPSA) is 86.8 Å². The minimum atomic E-state index is -4.19. The van der Waals surface area contributed by atoms with Crippen LogP contribution in [0.15, 0.2) is 71.6 Å². The molecule has 0 heterocycles. The second kappa shape index (κ2) is 13.3. The molecule has 0 saturated heterocycles. The van der Waals surface area contributed by atoms with Gasteiger partial charge in [-0.3, -0.25) is 13.9 Å². The molecule has 214 valence electrons. The van der Waals surface area contributed by atoms with Crippen molar-refractivity contribution in [1.82, 2.24) is 10.2 Å². The first-order valence-electron chi connectivity index (χ1n) is 13.0. The van der Waals surface area contributed by atoms with Crippen molar-refractivity contribution in [2.45, 2.75) is 52.1 Å². The van der Waals surface area contributed by atoms with Crippen LogP contribution in [-0.2, 0) is 26.2 Å². The van der Waals surface area contributed by atoms with Gasteiger partial charge < -0.3 is 10.2 Å². The molecule has 1 unspecified atom stereocenters. The van der Waals surface area contributed by atoms with E-state index in [1.54, 1.807) is 44.2 Å². The van der Waals surface area contributed by atoms with Crippen molar-refractivity contribution >= 4 is 39.1 Å². The largest absolute Gasteiger partial charge is 0.354 e. The van der Waals surface area contributed by atoms with E-state index in [1.807, 2.05) is 20.8 Å². The number of carbonyl (C=O) groups is 2. The van der Waals surface area contributed by atoms with Gasteiger partial charge in [0.2, 0.25) is 11.8 Å². The third-order valence-electron chi connectivity index (χ3n) is 6.43. The average Bonchev–Trinajstić information content (AvgIpc) is 2.90. The van der Waals surface area contributed by atoms with Gasteiger partial charge in [0.1, 0.15) is 18.4 Å². The van der Waals surface area contributed by atoms with Crippen LogP contribution in [0.4, 0.5) is 10.1 Å². The fraction of sp³-hybridized carbons (Fsp3) is 0.333. The summed E-state index contributed by atoms with van der Waals surface area (Å²) >= 11 is 6.14. The summed E-state index contributed by atoms with van der Waals surface area (Å²) in [5, 5.41) is 3.26. The number of rotatable bonds is 11. The summed E-state index contributed by atoms with van der Waals surface area (Å²) < 4.78 is 42.4. The maximum Gasteiger partial charge on any atom is 0.264 e. The van der Waals surface area contributed by atoms with E-state index in [2.05, 4.69) is 5.32 Å². The molecule has 0 aliphatic heterocycles. The molecule has 0 aromatic heterocycles. The Balaban J connectivity index is 2.04. The zero-order chi connectivity index (χ0) is 29.6. The summed E-state index contributed by atoms with van der Waals surface area (Å²) in [4.78, 5) is 28.3. The Morgan fingerprint density at radius 2 is 1.57 bits per heavy atom. The molecule has 0 bridgehead atoms. The van der Waals surface area contributed by atoms with Crippen LogP contribution in [0.1, 0.15) is 37.5 Å². The molecule has 0 radical (unpaired) electrons. The van der Waals surface area contributed by atoms with Crippen molar-refractivity contribution < 1.29 is 22.4 Å². The van der Waals surface area contributed by atoms with E-state index >= 15 is 0 Å². The van der Waals surface area contributed by atoms with Gasteiger partial charge >= 0.3 is 0 Å². The van der Waals surface area contributed by atoms with E-state index < -0.39 is 34.3 Å². The van der Waals surface area contributed by atoms with E-state index in [9.17, 15) is 22.4 Å². The van der Waals surface area contributed by atoms with Crippen molar-refractivity contribution in [3.05, 3.63) is 94.3 Å². The van der Waals surface area contributed by atoms with Gasteiger partial charge in [-0.15, -0.1) is 0 Å². The molecular weight excluding hydrogens is 553 g/mol. The van der Waals surface area contributed by atoms with Gasteiger partial charge in [0.15, 0.2) is 0 Å². The lowest BCUT2D eigenvalue weighted by Crippen LogP contribution is -2.51. The van der Waals surface area contributed by atoms with Crippen molar-refractivity contribution in [2.24, 2.45) is 5.92 Å². The smallest absolute Gasteiger partial charge is 0.264 e. The molecule has 0 fully saturated rings. The van der Waals surface area contributed by atoms with E-state index in [0.717, 1.165) is 9.87 Å². The van der Waals surface area contributed by atoms with Gasteiger partial charge in [-0.2, -0.15) is 0 Å². The normalized spacial score (nSPS) is 12.2. The summed E-state index contributed by atoms with van der Waals surface area (Å²) in [5.41, 5.74) is 2.32. The lowest BCUT2D eigenvalue weighted by molar-refractivity contribution is -0.139. The van der Waals surface area contributed by atoms with Crippen molar-refractivity contribution in [1.29, 1.82) is 0 Å². The van der Waals surface area contributed by atoms with Crippen molar-refractivity contribution in [3.63, 3.8) is 0 Å². The Kier molecular flexibility index (Phi) is 10.3. The van der Waals surface area contributed by atoms with E-state index in [-0.39, 0.29) is 29.0 Å². The Bertz CT molecular complexity index is 1440. The van der Waals surface area contributed by atoms with Crippen LogP contribution < -0.4 is 9.62 Å². The molecule has 10 heteroatoms. The Labute approximate surface area is 241 Å². The maximum atomic E-state index is 13.9. The predicted octanol–water partition coefficient (Wildman–Crippen LogP) is 5.48. The monoisotopic (exact) mass is 587 g/mol. The number of nitrogens with one attached hydrogen (secondary N) is 1. The van der Waals surface area contributed by atoms with Crippen LogP contribution >= 0.6 is 11.6 Å². The van der Waals surface area contributed by atoms with Gasteiger partial charge in [-0.25, -0.2) is 12.8 Å². The molecule has 0 saturated carbocycles. The van der Waals surface area contributed by atoms with Crippen LogP contribution in [0.5, 0.6) is 0 Å². The average molecular weight is 588 g/mol. The third kappa shape index (κ3) is 7.82. The molecule has 0 spiro atoms. The number of hydrogen-bond donors (Lipinski definition) is 1. The van der Waals surface area contributed by atoms with Gasteiger partial charge in [-0.05, 0) is 80.3 Å². The van der Waals surface area contributed by atoms with Crippen molar-refractivity contribution in [2.75, 3.05) is 17.4 Å². The molecule has 0 aliphatic rings. The number of anilines is 1. The van der Waals surface area contributed by atoms with E-state index in [1.165, 1.54) is 41.3 Å². The number of aryl methyl sites for hydroxylation is 2. The van der Waals surface area contributed by atoms with Crippen LogP contribution in [0.2, 0.25) is 5.02 Å². The number of nitrogens with zero attached hydrogens (tertiary/aromatic N) is 2. The molecule has 0 aliphatic carbocycles. The van der Waals surface area contributed by atoms with Crippen LogP contribution in [0.25, 0.3) is 0 Å².